The van der Waals surface area contributed by atoms with E-state index in [2.05, 4.69) is 4.98 Å². The van der Waals surface area contributed by atoms with Gasteiger partial charge in [0.05, 0.1) is 11.8 Å². The van der Waals surface area contributed by atoms with Crippen LogP contribution >= 0.6 is 0 Å². The van der Waals surface area contributed by atoms with Gasteiger partial charge < -0.3 is 5.11 Å². The van der Waals surface area contributed by atoms with Gasteiger partial charge in [0.2, 0.25) is 0 Å². The molecule has 0 aliphatic heterocycles. The molecule has 0 saturated heterocycles. The van der Waals surface area contributed by atoms with E-state index in [1.54, 1.807) is 6.20 Å². The topological polar surface area (TPSA) is 33.1 Å². The fraction of sp³-hybridized carbons (Fsp3) is 0.667. The number of rotatable bonds is 1. The van der Waals surface area contributed by atoms with Crippen molar-refractivity contribution in [2.24, 2.45) is 5.41 Å². The summed E-state index contributed by atoms with van der Waals surface area (Å²) in [5, 5.41) is 10.7. The van der Waals surface area contributed by atoms with Gasteiger partial charge in [0.1, 0.15) is 5.82 Å². The zero-order valence-corrected chi connectivity index (χ0v) is 10.7. The normalized spacial score (nSPS) is 25.4. The molecule has 0 bridgehead atoms. The third kappa shape index (κ3) is 2.05. The largest absolute Gasteiger partial charge is 0.385 e. The smallest absolute Gasteiger partial charge is 0.141 e. The molecule has 1 heterocycles. The third-order valence-corrected chi connectivity index (χ3v) is 5.04. The van der Waals surface area contributed by atoms with Crippen molar-refractivity contribution < 1.29 is 9.50 Å². The van der Waals surface area contributed by atoms with E-state index in [1.807, 2.05) is 0 Å². The lowest BCUT2D eigenvalue weighted by Gasteiger charge is -2.42. The number of aliphatic hydroxyl groups is 1. The molecular formula is C15H20FNO. The SMILES string of the molecule is OC1(c2cncc(F)c2)CCC2(CCCC2)CC1. The Labute approximate surface area is 107 Å². The highest BCUT2D eigenvalue weighted by atomic mass is 19.1. The highest BCUT2D eigenvalue weighted by Gasteiger charge is 2.43. The zero-order chi connectivity index (χ0) is 12.6. The highest BCUT2D eigenvalue weighted by Crippen LogP contribution is 2.53. The molecular weight excluding hydrogens is 229 g/mol. The molecule has 3 heteroatoms. The van der Waals surface area contributed by atoms with Gasteiger partial charge in [0, 0.05) is 11.8 Å². The van der Waals surface area contributed by atoms with Gasteiger partial charge in [-0.2, -0.15) is 0 Å². The van der Waals surface area contributed by atoms with E-state index >= 15 is 0 Å². The van der Waals surface area contributed by atoms with Crippen LogP contribution in [0.2, 0.25) is 0 Å². The van der Waals surface area contributed by atoms with Gasteiger partial charge in [-0.05, 0) is 50.0 Å². The molecule has 98 valence electrons. The van der Waals surface area contributed by atoms with Crippen LogP contribution in [0.5, 0.6) is 0 Å². The first-order valence-corrected chi connectivity index (χ1v) is 6.96. The number of aromatic nitrogens is 1. The third-order valence-electron chi connectivity index (χ3n) is 5.04. The standard InChI is InChI=1S/C15H20FNO/c16-13-9-12(10-17-11-13)15(18)7-5-14(6-8-15)3-1-2-4-14/h9-11,18H,1-8H2. The van der Waals surface area contributed by atoms with Gasteiger partial charge in [-0.3, -0.25) is 4.98 Å². The van der Waals surface area contributed by atoms with E-state index in [1.165, 1.54) is 37.9 Å². The molecule has 18 heavy (non-hydrogen) atoms. The first-order chi connectivity index (χ1) is 8.62. The Kier molecular flexibility index (Phi) is 2.89. The van der Waals surface area contributed by atoms with E-state index < -0.39 is 5.60 Å². The van der Waals surface area contributed by atoms with E-state index in [0.29, 0.717) is 11.0 Å². The number of halogens is 1. The van der Waals surface area contributed by atoms with Gasteiger partial charge in [0.15, 0.2) is 0 Å². The maximum atomic E-state index is 13.2. The predicted octanol–water partition coefficient (Wildman–Crippen LogP) is 3.54. The fourth-order valence-corrected chi connectivity index (χ4v) is 3.77. The summed E-state index contributed by atoms with van der Waals surface area (Å²) in [4.78, 5) is 3.86. The molecule has 1 N–H and O–H groups in total. The molecule has 2 aliphatic carbocycles. The summed E-state index contributed by atoms with van der Waals surface area (Å²) in [6.07, 6.45) is 11.7. The number of hydrogen-bond donors (Lipinski definition) is 1. The van der Waals surface area contributed by atoms with Gasteiger partial charge in [-0.15, -0.1) is 0 Å². The van der Waals surface area contributed by atoms with Crippen molar-refractivity contribution in [3.05, 3.63) is 29.8 Å². The number of pyridine rings is 1. The molecule has 0 unspecified atom stereocenters. The van der Waals surface area contributed by atoms with Crippen LogP contribution in [0.4, 0.5) is 4.39 Å². The first-order valence-electron chi connectivity index (χ1n) is 6.96. The Hall–Kier alpha value is -0.960. The Morgan fingerprint density at radius 1 is 1.00 bits per heavy atom. The maximum absolute atomic E-state index is 13.2. The molecule has 0 aromatic carbocycles. The summed E-state index contributed by atoms with van der Waals surface area (Å²) in [6.45, 7) is 0. The van der Waals surface area contributed by atoms with Gasteiger partial charge >= 0.3 is 0 Å². The van der Waals surface area contributed by atoms with Gasteiger partial charge in [-0.1, -0.05) is 12.8 Å². The van der Waals surface area contributed by atoms with Crippen molar-refractivity contribution >= 4 is 0 Å². The summed E-state index contributed by atoms with van der Waals surface area (Å²) in [6, 6.07) is 1.43. The second kappa shape index (κ2) is 4.30. The summed E-state index contributed by atoms with van der Waals surface area (Å²) in [5.74, 6) is -0.359. The Morgan fingerprint density at radius 2 is 1.67 bits per heavy atom. The van der Waals surface area contributed by atoms with Crippen LogP contribution in [0.1, 0.15) is 56.9 Å². The molecule has 1 spiro atoms. The lowest BCUT2D eigenvalue weighted by atomic mass is 9.66. The molecule has 2 fully saturated rings. The molecule has 2 nitrogen and oxygen atoms in total. The Bertz CT molecular complexity index is 430. The zero-order valence-electron chi connectivity index (χ0n) is 10.7. The fourth-order valence-electron chi connectivity index (χ4n) is 3.77. The van der Waals surface area contributed by atoms with Crippen LogP contribution in [0.3, 0.4) is 0 Å². The van der Waals surface area contributed by atoms with Crippen molar-refractivity contribution in [3.63, 3.8) is 0 Å². The van der Waals surface area contributed by atoms with Crippen molar-refractivity contribution in [2.75, 3.05) is 0 Å². The lowest BCUT2D eigenvalue weighted by molar-refractivity contribution is -0.0380. The number of nitrogens with zero attached hydrogens (tertiary/aromatic N) is 1. The van der Waals surface area contributed by atoms with Crippen LogP contribution < -0.4 is 0 Å². The molecule has 0 atom stereocenters. The van der Waals surface area contributed by atoms with E-state index in [4.69, 9.17) is 0 Å². The van der Waals surface area contributed by atoms with Gasteiger partial charge in [0.25, 0.3) is 0 Å². The summed E-state index contributed by atoms with van der Waals surface area (Å²) < 4.78 is 13.2. The first kappa shape index (κ1) is 12.1. The quantitative estimate of drug-likeness (QED) is 0.825. The van der Waals surface area contributed by atoms with Crippen LogP contribution in [-0.4, -0.2) is 10.1 Å². The summed E-state index contributed by atoms with van der Waals surface area (Å²) in [5.41, 5.74) is 0.269. The highest BCUT2D eigenvalue weighted by molar-refractivity contribution is 5.20. The van der Waals surface area contributed by atoms with Crippen LogP contribution in [0, 0.1) is 11.2 Å². The molecule has 1 aromatic heterocycles. The van der Waals surface area contributed by atoms with Crippen LogP contribution in [0.25, 0.3) is 0 Å². The molecule has 3 rings (SSSR count). The Balaban J connectivity index is 1.78. The minimum atomic E-state index is -0.858. The maximum Gasteiger partial charge on any atom is 0.141 e. The summed E-state index contributed by atoms with van der Waals surface area (Å²) >= 11 is 0. The van der Waals surface area contributed by atoms with Crippen molar-refractivity contribution in [2.45, 2.75) is 57.0 Å². The second-order valence-electron chi connectivity index (χ2n) is 6.13. The average Bonchev–Trinajstić information content (AvgIpc) is 2.83. The van der Waals surface area contributed by atoms with E-state index in [-0.39, 0.29) is 5.82 Å². The predicted molar refractivity (Wildman–Crippen MR) is 67.5 cm³/mol. The van der Waals surface area contributed by atoms with E-state index in [9.17, 15) is 9.50 Å². The minimum absolute atomic E-state index is 0.359. The average molecular weight is 249 g/mol. The monoisotopic (exact) mass is 249 g/mol. The van der Waals surface area contributed by atoms with Crippen molar-refractivity contribution in [1.29, 1.82) is 0 Å². The van der Waals surface area contributed by atoms with Crippen molar-refractivity contribution in [3.8, 4) is 0 Å². The van der Waals surface area contributed by atoms with Crippen LogP contribution in [-0.2, 0) is 5.60 Å². The Morgan fingerprint density at radius 3 is 2.28 bits per heavy atom. The van der Waals surface area contributed by atoms with Crippen LogP contribution in [0.15, 0.2) is 18.5 Å². The molecule has 0 amide bonds. The number of hydrogen-bond acceptors (Lipinski definition) is 2. The molecule has 1 aromatic rings. The minimum Gasteiger partial charge on any atom is -0.385 e. The summed E-state index contributed by atoms with van der Waals surface area (Å²) in [7, 11) is 0. The molecule has 2 saturated carbocycles. The molecule has 2 aliphatic rings. The van der Waals surface area contributed by atoms with E-state index in [0.717, 1.165) is 25.7 Å². The van der Waals surface area contributed by atoms with Crippen molar-refractivity contribution in [1.82, 2.24) is 4.98 Å². The molecule has 0 radical (unpaired) electrons. The lowest BCUT2D eigenvalue weighted by Crippen LogP contribution is -2.36. The van der Waals surface area contributed by atoms with Gasteiger partial charge in [-0.25, -0.2) is 4.39 Å². The second-order valence-corrected chi connectivity index (χ2v) is 6.13.